The summed E-state index contributed by atoms with van der Waals surface area (Å²) < 4.78 is 16.0. The predicted molar refractivity (Wildman–Crippen MR) is 119 cm³/mol. The number of rotatable bonds is 5. The number of piperazine rings is 1. The second-order valence-corrected chi connectivity index (χ2v) is 7.79. The highest BCUT2D eigenvalue weighted by molar-refractivity contribution is 6.30. The average molecular weight is 442 g/mol. The molecule has 0 aliphatic carbocycles. The maximum atomic E-state index is 12.9. The third kappa shape index (κ3) is 4.32. The van der Waals surface area contributed by atoms with Crippen LogP contribution in [0.5, 0.6) is 11.5 Å². The highest BCUT2D eigenvalue weighted by atomic mass is 35.5. The lowest BCUT2D eigenvalue weighted by atomic mass is 10.1. The molecule has 0 saturated carbocycles. The van der Waals surface area contributed by atoms with E-state index < -0.39 is 0 Å². The molecule has 0 spiro atoms. The van der Waals surface area contributed by atoms with Crippen molar-refractivity contribution in [3.8, 4) is 22.8 Å². The molecule has 8 heteroatoms. The van der Waals surface area contributed by atoms with Crippen molar-refractivity contribution in [1.82, 2.24) is 10.1 Å². The molecule has 3 aromatic rings. The minimum absolute atomic E-state index is 0.165. The van der Waals surface area contributed by atoms with E-state index in [1.165, 1.54) is 5.56 Å². The SMILES string of the molecule is COc1ccc(-c2cc(C(=O)N3CCN(c4cc(Cl)ccc4C)CC3)on2)cc1OC. The van der Waals surface area contributed by atoms with E-state index in [9.17, 15) is 4.79 Å². The lowest BCUT2D eigenvalue weighted by molar-refractivity contribution is 0.0705. The molecule has 31 heavy (non-hydrogen) atoms. The Morgan fingerprint density at radius 1 is 1.00 bits per heavy atom. The summed E-state index contributed by atoms with van der Waals surface area (Å²) >= 11 is 6.16. The van der Waals surface area contributed by atoms with Gasteiger partial charge in [-0.15, -0.1) is 0 Å². The van der Waals surface area contributed by atoms with Crippen LogP contribution in [-0.2, 0) is 0 Å². The molecule has 2 aromatic carbocycles. The normalized spacial score (nSPS) is 13.9. The minimum atomic E-state index is -0.165. The number of hydrogen-bond acceptors (Lipinski definition) is 6. The molecule has 1 saturated heterocycles. The van der Waals surface area contributed by atoms with Crippen LogP contribution in [0.15, 0.2) is 47.0 Å². The molecule has 1 fully saturated rings. The van der Waals surface area contributed by atoms with Gasteiger partial charge in [-0.05, 0) is 42.8 Å². The average Bonchev–Trinajstić information content (AvgIpc) is 3.30. The number of carbonyl (C=O) groups is 1. The molecule has 1 aliphatic heterocycles. The number of amides is 1. The van der Waals surface area contributed by atoms with E-state index in [1.807, 2.05) is 24.3 Å². The summed E-state index contributed by atoms with van der Waals surface area (Å²) in [5, 5.41) is 4.78. The molecule has 0 atom stereocenters. The number of ether oxygens (including phenoxy) is 2. The molecular formula is C23H24ClN3O4. The molecule has 0 radical (unpaired) electrons. The zero-order valence-corrected chi connectivity index (χ0v) is 18.5. The number of benzene rings is 2. The summed E-state index contributed by atoms with van der Waals surface area (Å²) in [5.74, 6) is 1.26. The fourth-order valence-electron chi connectivity index (χ4n) is 3.74. The first-order valence-corrected chi connectivity index (χ1v) is 10.4. The number of carbonyl (C=O) groups excluding carboxylic acids is 1. The zero-order valence-electron chi connectivity index (χ0n) is 17.7. The Morgan fingerprint density at radius 3 is 2.45 bits per heavy atom. The van der Waals surface area contributed by atoms with E-state index >= 15 is 0 Å². The number of aromatic nitrogens is 1. The number of anilines is 1. The highest BCUT2D eigenvalue weighted by Gasteiger charge is 2.26. The maximum Gasteiger partial charge on any atom is 0.292 e. The first-order valence-electron chi connectivity index (χ1n) is 9.99. The number of methoxy groups -OCH3 is 2. The highest BCUT2D eigenvalue weighted by Crippen LogP contribution is 2.32. The summed E-state index contributed by atoms with van der Waals surface area (Å²) in [6.07, 6.45) is 0. The van der Waals surface area contributed by atoms with Crippen LogP contribution in [0.25, 0.3) is 11.3 Å². The lowest BCUT2D eigenvalue weighted by Crippen LogP contribution is -2.48. The molecule has 1 aliphatic rings. The fourth-order valence-corrected chi connectivity index (χ4v) is 3.90. The Bertz CT molecular complexity index is 1090. The Hall–Kier alpha value is -3.19. The molecular weight excluding hydrogens is 418 g/mol. The molecule has 0 bridgehead atoms. The van der Waals surface area contributed by atoms with Gasteiger partial charge in [0, 0.05) is 48.5 Å². The van der Waals surface area contributed by atoms with Crippen molar-refractivity contribution in [3.63, 3.8) is 0 Å². The van der Waals surface area contributed by atoms with Gasteiger partial charge in [-0.25, -0.2) is 0 Å². The van der Waals surface area contributed by atoms with Crippen LogP contribution in [-0.4, -0.2) is 56.4 Å². The third-order valence-corrected chi connectivity index (χ3v) is 5.71. The second kappa shape index (κ2) is 8.89. The summed E-state index contributed by atoms with van der Waals surface area (Å²) in [7, 11) is 3.15. The van der Waals surface area contributed by atoms with E-state index in [0.29, 0.717) is 35.3 Å². The van der Waals surface area contributed by atoms with Crippen molar-refractivity contribution in [2.24, 2.45) is 0 Å². The van der Waals surface area contributed by atoms with Crippen LogP contribution >= 0.6 is 11.6 Å². The van der Waals surface area contributed by atoms with Crippen LogP contribution in [0, 0.1) is 6.92 Å². The van der Waals surface area contributed by atoms with E-state index in [1.54, 1.807) is 37.3 Å². The van der Waals surface area contributed by atoms with Gasteiger partial charge >= 0.3 is 0 Å². The maximum absolute atomic E-state index is 12.9. The Labute approximate surface area is 186 Å². The van der Waals surface area contributed by atoms with Crippen LogP contribution in [0.1, 0.15) is 16.1 Å². The summed E-state index contributed by atoms with van der Waals surface area (Å²) in [5.41, 5.74) is 3.62. The number of nitrogens with zero attached hydrogens (tertiary/aromatic N) is 3. The Kier molecular flexibility index (Phi) is 6.04. The van der Waals surface area contributed by atoms with E-state index in [4.69, 9.17) is 25.6 Å². The fraction of sp³-hybridized carbons (Fsp3) is 0.304. The second-order valence-electron chi connectivity index (χ2n) is 7.36. The zero-order chi connectivity index (χ0) is 22.0. The first kappa shape index (κ1) is 21.1. The predicted octanol–water partition coefficient (Wildman–Crippen LogP) is 4.28. The van der Waals surface area contributed by atoms with Crippen molar-refractivity contribution >= 4 is 23.2 Å². The number of aryl methyl sites for hydroxylation is 1. The topological polar surface area (TPSA) is 68.0 Å². The lowest BCUT2D eigenvalue weighted by Gasteiger charge is -2.36. The van der Waals surface area contributed by atoms with Crippen molar-refractivity contribution in [2.75, 3.05) is 45.3 Å². The molecule has 1 aromatic heterocycles. The number of hydrogen-bond donors (Lipinski definition) is 0. The molecule has 2 heterocycles. The summed E-state index contributed by atoms with van der Waals surface area (Å²) in [4.78, 5) is 17.0. The smallest absolute Gasteiger partial charge is 0.292 e. The van der Waals surface area contributed by atoms with Crippen molar-refractivity contribution in [2.45, 2.75) is 6.92 Å². The first-order chi connectivity index (χ1) is 15.0. The standard InChI is InChI=1S/C23H24ClN3O4/c1-15-4-6-17(24)13-19(15)26-8-10-27(11-9-26)23(28)22-14-18(25-31-22)16-5-7-20(29-2)21(12-16)30-3/h4-7,12-14H,8-11H2,1-3H3. The summed E-state index contributed by atoms with van der Waals surface area (Å²) in [6, 6.07) is 13.0. The van der Waals surface area contributed by atoms with Crippen molar-refractivity contribution in [3.05, 3.63) is 58.8 Å². The Balaban J connectivity index is 1.45. The van der Waals surface area contributed by atoms with Crippen LogP contribution < -0.4 is 14.4 Å². The monoisotopic (exact) mass is 441 g/mol. The van der Waals surface area contributed by atoms with Gasteiger partial charge in [-0.3, -0.25) is 4.79 Å². The van der Waals surface area contributed by atoms with Gasteiger partial charge in [0.25, 0.3) is 5.91 Å². The largest absolute Gasteiger partial charge is 0.493 e. The quantitative estimate of drug-likeness (QED) is 0.588. The van der Waals surface area contributed by atoms with Crippen LogP contribution in [0.3, 0.4) is 0 Å². The van der Waals surface area contributed by atoms with Crippen molar-refractivity contribution < 1.29 is 18.8 Å². The van der Waals surface area contributed by atoms with Gasteiger partial charge in [0.1, 0.15) is 5.69 Å². The van der Waals surface area contributed by atoms with E-state index in [2.05, 4.69) is 17.0 Å². The molecule has 0 unspecified atom stereocenters. The van der Waals surface area contributed by atoms with Gasteiger partial charge in [0.05, 0.1) is 14.2 Å². The van der Waals surface area contributed by atoms with E-state index in [-0.39, 0.29) is 11.7 Å². The van der Waals surface area contributed by atoms with E-state index in [0.717, 1.165) is 24.3 Å². The van der Waals surface area contributed by atoms with Crippen molar-refractivity contribution in [1.29, 1.82) is 0 Å². The van der Waals surface area contributed by atoms with Crippen LogP contribution in [0.2, 0.25) is 5.02 Å². The molecule has 4 rings (SSSR count). The molecule has 0 N–H and O–H groups in total. The molecule has 1 amide bonds. The minimum Gasteiger partial charge on any atom is -0.493 e. The third-order valence-electron chi connectivity index (χ3n) is 5.48. The van der Waals surface area contributed by atoms with Gasteiger partial charge in [-0.2, -0.15) is 0 Å². The van der Waals surface area contributed by atoms with Gasteiger partial charge in [0.15, 0.2) is 11.5 Å². The van der Waals surface area contributed by atoms with Gasteiger partial charge < -0.3 is 23.8 Å². The van der Waals surface area contributed by atoms with Crippen LogP contribution in [0.4, 0.5) is 5.69 Å². The van der Waals surface area contributed by atoms with Gasteiger partial charge in [-0.1, -0.05) is 22.8 Å². The number of halogens is 1. The van der Waals surface area contributed by atoms with Gasteiger partial charge in [0.2, 0.25) is 5.76 Å². The Morgan fingerprint density at radius 2 is 1.74 bits per heavy atom. The molecule has 162 valence electrons. The summed E-state index contributed by atoms with van der Waals surface area (Å²) in [6.45, 7) is 4.70. The molecule has 7 nitrogen and oxygen atoms in total.